The van der Waals surface area contributed by atoms with Crippen LogP contribution < -0.4 is 0 Å². The Balaban J connectivity index is 4.67. The normalized spacial score (nSPS) is 15.4. The number of allylic oxidation sites excluding steroid dienone is 3. The predicted octanol–water partition coefficient (Wildman–Crippen LogP) is 3.18. The van der Waals surface area contributed by atoms with Crippen molar-refractivity contribution in [3.63, 3.8) is 0 Å². The van der Waals surface area contributed by atoms with E-state index in [9.17, 15) is 26.3 Å². The molecule has 0 spiro atoms. The van der Waals surface area contributed by atoms with Crippen molar-refractivity contribution in [1.82, 2.24) is 0 Å². The molecule has 11 heavy (non-hydrogen) atoms. The summed E-state index contributed by atoms with van der Waals surface area (Å²) in [6, 6.07) is 0. The molecule has 0 aliphatic heterocycles. The van der Waals surface area contributed by atoms with Crippen molar-refractivity contribution >= 4 is 0 Å². The topological polar surface area (TPSA) is 0 Å². The molecule has 0 radical (unpaired) electrons. The lowest BCUT2D eigenvalue weighted by molar-refractivity contribution is 0.152. The molecule has 0 aromatic carbocycles. The number of hydrogen-bond donors (Lipinski definition) is 0. The minimum Gasteiger partial charge on any atom is -0.212 e. The Morgan fingerprint density at radius 2 is 1.55 bits per heavy atom. The zero-order valence-electron chi connectivity index (χ0n) is 4.92. The van der Waals surface area contributed by atoms with Crippen LogP contribution in [0, 0.1) is 0 Å². The fourth-order valence-corrected chi connectivity index (χ4v) is 0.258. The summed E-state index contributed by atoms with van der Waals surface area (Å²) in [5, 5.41) is 0. The highest BCUT2D eigenvalue weighted by Crippen LogP contribution is 2.23. The van der Waals surface area contributed by atoms with Crippen LogP contribution in [0.3, 0.4) is 0 Å². The van der Waals surface area contributed by atoms with Crippen molar-refractivity contribution in [3.8, 4) is 0 Å². The molecule has 6 heteroatoms. The number of alkyl halides is 2. The molecule has 0 unspecified atom stereocenters. The predicted molar refractivity (Wildman–Crippen MR) is 25.5 cm³/mol. The van der Waals surface area contributed by atoms with Crippen molar-refractivity contribution in [2.24, 2.45) is 0 Å². The maximum absolute atomic E-state index is 11.8. The molecule has 0 N–H and O–H groups in total. The number of rotatable bonds is 2. The van der Waals surface area contributed by atoms with Gasteiger partial charge in [0.2, 0.25) is 5.83 Å². The molecule has 0 aromatic rings. The summed E-state index contributed by atoms with van der Waals surface area (Å²) < 4.78 is 68.5. The van der Waals surface area contributed by atoms with Crippen LogP contribution in [0.25, 0.3) is 0 Å². The van der Waals surface area contributed by atoms with Gasteiger partial charge < -0.3 is 0 Å². The zero-order chi connectivity index (χ0) is 9.02. The van der Waals surface area contributed by atoms with E-state index >= 15 is 0 Å². The van der Waals surface area contributed by atoms with Crippen LogP contribution in [0.4, 0.5) is 26.3 Å². The summed E-state index contributed by atoms with van der Waals surface area (Å²) in [5.74, 6) is -7.42. The van der Waals surface area contributed by atoms with Gasteiger partial charge in [-0.25, -0.2) is 26.3 Å². The highest BCUT2D eigenvalue weighted by molar-refractivity contribution is 5.20. The van der Waals surface area contributed by atoms with E-state index in [2.05, 4.69) is 0 Å². The second-order valence-electron chi connectivity index (χ2n) is 1.42. The zero-order valence-corrected chi connectivity index (χ0v) is 4.92. The summed E-state index contributed by atoms with van der Waals surface area (Å²) in [7, 11) is 0. The van der Waals surface area contributed by atoms with Gasteiger partial charge in [0, 0.05) is 0 Å². The summed E-state index contributed by atoms with van der Waals surface area (Å²) >= 11 is 0. The highest BCUT2D eigenvalue weighted by Gasteiger charge is 2.20. The van der Waals surface area contributed by atoms with E-state index in [1.54, 1.807) is 0 Å². The first-order valence-corrected chi connectivity index (χ1v) is 2.30. The van der Waals surface area contributed by atoms with Gasteiger partial charge in [-0.05, 0) is 0 Å². The van der Waals surface area contributed by atoms with Crippen molar-refractivity contribution in [2.75, 3.05) is 0 Å². The van der Waals surface area contributed by atoms with Gasteiger partial charge in [0.25, 0.3) is 6.43 Å². The van der Waals surface area contributed by atoms with Gasteiger partial charge in [0.1, 0.15) is 6.33 Å². The minimum atomic E-state index is -3.78. The van der Waals surface area contributed by atoms with Crippen LogP contribution in [0.15, 0.2) is 23.8 Å². The largest absolute Gasteiger partial charge is 0.292 e. The van der Waals surface area contributed by atoms with Crippen LogP contribution in [0.1, 0.15) is 0 Å². The Morgan fingerprint density at radius 1 is 1.09 bits per heavy atom. The first-order valence-electron chi connectivity index (χ1n) is 2.30. The van der Waals surface area contributed by atoms with E-state index < -0.39 is 30.2 Å². The van der Waals surface area contributed by atoms with E-state index in [1.807, 2.05) is 0 Å². The molecular formula is C5H2F6. The van der Waals surface area contributed by atoms with Gasteiger partial charge in [-0.2, -0.15) is 0 Å². The first kappa shape index (κ1) is 10.1. The summed E-state index contributed by atoms with van der Waals surface area (Å²) in [6.07, 6.45) is -4.72. The highest BCUT2D eigenvalue weighted by atomic mass is 19.3. The van der Waals surface area contributed by atoms with E-state index in [1.165, 1.54) is 0 Å². The Morgan fingerprint density at radius 3 is 1.82 bits per heavy atom. The van der Waals surface area contributed by atoms with Crippen LogP contribution in [0.2, 0.25) is 0 Å². The fourth-order valence-electron chi connectivity index (χ4n) is 0.258. The lowest BCUT2D eigenvalue weighted by atomic mass is 10.4. The molecule has 0 rings (SSSR count). The molecular weight excluding hydrogens is 174 g/mol. The molecule has 0 atom stereocenters. The number of hydrogen-bond acceptors (Lipinski definition) is 0. The molecule has 0 heterocycles. The monoisotopic (exact) mass is 176 g/mol. The van der Waals surface area contributed by atoms with E-state index in [0.29, 0.717) is 0 Å². The minimum absolute atomic E-state index is 0.947. The molecule has 0 aromatic heterocycles. The molecule has 0 fully saturated rings. The second kappa shape index (κ2) is 4.05. The summed E-state index contributed by atoms with van der Waals surface area (Å²) in [4.78, 5) is 0. The van der Waals surface area contributed by atoms with E-state index in [-0.39, 0.29) is 0 Å². The second-order valence-corrected chi connectivity index (χ2v) is 1.42. The van der Waals surface area contributed by atoms with Crippen molar-refractivity contribution in [1.29, 1.82) is 0 Å². The average Bonchev–Trinajstić information content (AvgIpc) is 2.00. The maximum Gasteiger partial charge on any atom is 0.292 e. The van der Waals surface area contributed by atoms with Gasteiger partial charge >= 0.3 is 0 Å². The summed E-state index contributed by atoms with van der Waals surface area (Å²) in [5.41, 5.74) is 0. The van der Waals surface area contributed by atoms with Gasteiger partial charge in [-0.1, -0.05) is 0 Å². The van der Waals surface area contributed by atoms with E-state index in [0.717, 1.165) is 0 Å². The lowest BCUT2D eigenvalue weighted by Crippen LogP contribution is -1.94. The summed E-state index contributed by atoms with van der Waals surface area (Å²) in [6.45, 7) is 0. The quantitative estimate of drug-likeness (QED) is 0.447. The SMILES string of the molecule is FC=C(F)C(F)=C(F)C(F)F. The van der Waals surface area contributed by atoms with Crippen molar-refractivity contribution < 1.29 is 26.3 Å². The van der Waals surface area contributed by atoms with Gasteiger partial charge in [-0.3, -0.25) is 0 Å². The third-order valence-corrected chi connectivity index (χ3v) is 0.707. The molecule has 0 nitrogen and oxygen atoms in total. The van der Waals surface area contributed by atoms with Crippen molar-refractivity contribution in [2.45, 2.75) is 6.43 Å². The Kier molecular flexibility index (Phi) is 3.70. The Bertz CT molecular complexity index is 191. The smallest absolute Gasteiger partial charge is 0.212 e. The molecule has 0 saturated carbocycles. The van der Waals surface area contributed by atoms with Gasteiger partial charge in [0.15, 0.2) is 11.7 Å². The third kappa shape index (κ3) is 2.65. The molecule has 0 amide bonds. The average molecular weight is 176 g/mol. The van der Waals surface area contributed by atoms with Crippen LogP contribution in [0.5, 0.6) is 0 Å². The first-order chi connectivity index (χ1) is 5.00. The Hall–Kier alpha value is -0.940. The number of halogens is 6. The Labute approximate surface area is 57.8 Å². The fraction of sp³-hybridized carbons (Fsp3) is 0.200. The molecule has 0 aliphatic rings. The molecule has 0 saturated heterocycles. The molecule has 0 bridgehead atoms. The third-order valence-electron chi connectivity index (χ3n) is 0.707. The van der Waals surface area contributed by atoms with Crippen molar-refractivity contribution in [3.05, 3.63) is 23.8 Å². The van der Waals surface area contributed by atoms with Crippen LogP contribution in [-0.4, -0.2) is 6.43 Å². The molecule has 64 valence electrons. The maximum atomic E-state index is 11.8. The van der Waals surface area contributed by atoms with Crippen LogP contribution >= 0.6 is 0 Å². The van der Waals surface area contributed by atoms with E-state index in [4.69, 9.17) is 0 Å². The van der Waals surface area contributed by atoms with Gasteiger partial charge in [0.05, 0.1) is 0 Å². The standard InChI is InChI=1S/C5H2F6/c6-1-2(7)3(8)4(9)5(10)11/h1,5H. The molecule has 0 aliphatic carbocycles. The van der Waals surface area contributed by atoms with Crippen LogP contribution in [-0.2, 0) is 0 Å². The lowest BCUT2D eigenvalue weighted by Gasteiger charge is -1.94. The van der Waals surface area contributed by atoms with Gasteiger partial charge in [-0.15, -0.1) is 0 Å².